The summed E-state index contributed by atoms with van der Waals surface area (Å²) < 4.78 is 5.03. The lowest BCUT2D eigenvalue weighted by molar-refractivity contribution is 0.417. The quantitative estimate of drug-likeness (QED) is 0.777. The van der Waals surface area contributed by atoms with Gasteiger partial charge in [-0.3, -0.25) is 4.79 Å². The van der Waals surface area contributed by atoms with Crippen molar-refractivity contribution in [2.45, 2.75) is 25.8 Å². The molecule has 0 radical (unpaired) electrons. The summed E-state index contributed by atoms with van der Waals surface area (Å²) >= 11 is 0. The molecule has 0 aromatic carbocycles. The van der Waals surface area contributed by atoms with E-state index in [2.05, 4.69) is 20.3 Å². The van der Waals surface area contributed by atoms with Gasteiger partial charge in [0.15, 0.2) is 5.82 Å². The van der Waals surface area contributed by atoms with Crippen LogP contribution in [0.1, 0.15) is 19.2 Å². The highest BCUT2D eigenvalue weighted by Gasteiger charge is 2.12. The number of hydrogen-bond acceptors (Lipinski definition) is 6. The highest BCUT2D eigenvalue weighted by molar-refractivity contribution is 5.44. The van der Waals surface area contributed by atoms with E-state index in [0.717, 1.165) is 6.42 Å². The topological polar surface area (TPSA) is 111 Å². The molecule has 2 aromatic heterocycles. The number of hydrogen-bond donors (Lipinski definition) is 2. The summed E-state index contributed by atoms with van der Waals surface area (Å²) in [5, 5.41) is 9.90. The van der Waals surface area contributed by atoms with E-state index >= 15 is 0 Å². The van der Waals surface area contributed by atoms with E-state index in [1.165, 1.54) is 12.1 Å². The third-order valence-electron chi connectivity index (χ3n) is 2.34. The van der Waals surface area contributed by atoms with E-state index in [9.17, 15) is 4.79 Å². The molecule has 17 heavy (non-hydrogen) atoms. The van der Waals surface area contributed by atoms with Gasteiger partial charge in [0.1, 0.15) is 5.69 Å². The number of nitrogens with one attached hydrogen (secondary N) is 1. The lowest BCUT2D eigenvalue weighted by Gasteiger charge is -2.02. The van der Waals surface area contributed by atoms with Crippen LogP contribution in [-0.4, -0.2) is 26.4 Å². The van der Waals surface area contributed by atoms with E-state index < -0.39 is 0 Å². The van der Waals surface area contributed by atoms with Gasteiger partial charge in [0.2, 0.25) is 0 Å². The van der Waals surface area contributed by atoms with Crippen molar-refractivity contribution in [1.82, 2.24) is 20.3 Å². The Bertz CT molecular complexity index is 527. The molecule has 7 heteroatoms. The van der Waals surface area contributed by atoms with Crippen molar-refractivity contribution in [3.8, 4) is 11.6 Å². The Balaban J connectivity index is 2.18. The normalized spacial score (nSPS) is 12.6. The van der Waals surface area contributed by atoms with Gasteiger partial charge in [0, 0.05) is 18.5 Å². The van der Waals surface area contributed by atoms with E-state index in [1.54, 1.807) is 0 Å². The van der Waals surface area contributed by atoms with Crippen LogP contribution < -0.4 is 11.3 Å². The van der Waals surface area contributed by atoms with Gasteiger partial charge in [-0.25, -0.2) is 5.10 Å². The second-order valence-electron chi connectivity index (χ2n) is 3.69. The Labute approximate surface area is 97.0 Å². The fraction of sp³-hybridized carbons (Fsp3) is 0.400. The van der Waals surface area contributed by atoms with Crippen molar-refractivity contribution >= 4 is 0 Å². The van der Waals surface area contributed by atoms with Crippen molar-refractivity contribution in [3.05, 3.63) is 28.3 Å². The second kappa shape index (κ2) is 4.88. The standard InChI is InChI=1S/C10H13N5O2/c1-2-6(11)5-8-12-10(17-15-8)7-3-4-9(16)14-13-7/h3-4,6H,2,5,11H2,1H3,(H,14,16). The number of rotatable bonds is 4. The number of nitrogens with two attached hydrogens (primary N) is 1. The number of aromatic nitrogens is 4. The smallest absolute Gasteiger partial charge is 0.278 e. The molecular weight excluding hydrogens is 222 g/mol. The monoisotopic (exact) mass is 235 g/mol. The van der Waals surface area contributed by atoms with Crippen LogP contribution in [0.4, 0.5) is 0 Å². The summed E-state index contributed by atoms with van der Waals surface area (Å²) in [6.45, 7) is 2.00. The van der Waals surface area contributed by atoms with Crippen LogP contribution in [0, 0.1) is 0 Å². The van der Waals surface area contributed by atoms with E-state index in [0.29, 0.717) is 17.9 Å². The molecule has 0 spiro atoms. The predicted molar refractivity (Wildman–Crippen MR) is 60.1 cm³/mol. The molecule has 0 fully saturated rings. The first-order valence-corrected chi connectivity index (χ1v) is 5.33. The summed E-state index contributed by atoms with van der Waals surface area (Å²) in [5.74, 6) is 0.821. The Morgan fingerprint density at radius 2 is 2.35 bits per heavy atom. The SMILES string of the molecule is CCC(N)Cc1noc(-c2ccc(=O)[nH]n2)n1. The fourth-order valence-electron chi connectivity index (χ4n) is 1.28. The second-order valence-corrected chi connectivity index (χ2v) is 3.69. The van der Waals surface area contributed by atoms with Crippen molar-refractivity contribution in [3.63, 3.8) is 0 Å². The maximum absolute atomic E-state index is 10.8. The van der Waals surface area contributed by atoms with E-state index in [-0.39, 0.29) is 17.5 Å². The van der Waals surface area contributed by atoms with Crippen molar-refractivity contribution in [2.24, 2.45) is 5.73 Å². The highest BCUT2D eigenvalue weighted by Crippen LogP contribution is 2.12. The molecule has 1 atom stereocenters. The van der Waals surface area contributed by atoms with Gasteiger partial charge in [0.25, 0.3) is 11.4 Å². The maximum Gasteiger partial charge on any atom is 0.278 e. The van der Waals surface area contributed by atoms with Crippen LogP contribution in [0.3, 0.4) is 0 Å². The molecule has 90 valence electrons. The average molecular weight is 235 g/mol. The van der Waals surface area contributed by atoms with Crippen molar-refractivity contribution in [2.75, 3.05) is 0 Å². The van der Waals surface area contributed by atoms with Crippen molar-refractivity contribution in [1.29, 1.82) is 0 Å². The summed E-state index contributed by atoms with van der Waals surface area (Å²) in [5.41, 5.74) is 5.95. The lowest BCUT2D eigenvalue weighted by Crippen LogP contribution is -2.21. The minimum Gasteiger partial charge on any atom is -0.332 e. The lowest BCUT2D eigenvalue weighted by atomic mass is 10.2. The molecule has 2 aromatic rings. The zero-order valence-corrected chi connectivity index (χ0v) is 9.38. The zero-order chi connectivity index (χ0) is 12.3. The third-order valence-corrected chi connectivity index (χ3v) is 2.34. The molecule has 1 unspecified atom stereocenters. The van der Waals surface area contributed by atoms with Gasteiger partial charge in [-0.2, -0.15) is 10.1 Å². The largest absolute Gasteiger partial charge is 0.332 e. The van der Waals surface area contributed by atoms with Gasteiger partial charge in [0.05, 0.1) is 0 Å². The summed E-state index contributed by atoms with van der Waals surface area (Å²) in [6, 6.07) is 2.89. The van der Waals surface area contributed by atoms with Crippen LogP contribution in [-0.2, 0) is 6.42 Å². The van der Waals surface area contributed by atoms with Gasteiger partial charge in [-0.1, -0.05) is 12.1 Å². The van der Waals surface area contributed by atoms with Gasteiger partial charge in [-0.15, -0.1) is 0 Å². The summed E-state index contributed by atoms with van der Waals surface area (Å²) in [7, 11) is 0. The molecule has 0 aliphatic carbocycles. The first kappa shape index (κ1) is 11.5. The summed E-state index contributed by atoms with van der Waals surface area (Å²) in [6.07, 6.45) is 1.41. The third kappa shape index (κ3) is 2.76. The molecule has 0 bridgehead atoms. The molecule has 0 saturated heterocycles. The molecular formula is C10H13N5O2. The minimum absolute atomic E-state index is 0.0176. The molecule has 0 aliphatic rings. The van der Waals surface area contributed by atoms with Crippen LogP contribution in [0.25, 0.3) is 11.6 Å². The Morgan fingerprint density at radius 1 is 1.53 bits per heavy atom. The van der Waals surface area contributed by atoms with Crippen LogP contribution in [0.15, 0.2) is 21.5 Å². The predicted octanol–water partition coefficient (Wildman–Crippen LogP) is 0.0997. The number of aromatic amines is 1. The Hall–Kier alpha value is -2.02. The molecule has 2 rings (SSSR count). The van der Waals surface area contributed by atoms with Gasteiger partial charge in [-0.05, 0) is 12.5 Å². The molecule has 7 nitrogen and oxygen atoms in total. The highest BCUT2D eigenvalue weighted by atomic mass is 16.5. The summed E-state index contributed by atoms with van der Waals surface area (Å²) in [4.78, 5) is 15.0. The minimum atomic E-state index is -0.276. The van der Waals surface area contributed by atoms with Crippen LogP contribution >= 0.6 is 0 Å². The fourth-order valence-corrected chi connectivity index (χ4v) is 1.28. The molecule has 0 amide bonds. The maximum atomic E-state index is 10.8. The number of nitrogens with zero attached hydrogens (tertiary/aromatic N) is 3. The first-order valence-electron chi connectivity index (χ1n) is 5.33. The van der Waals surface area contributed by atoms with E-state index in [4.69, 9.17) is 10.3 Å². The number of H-pyrrole nitrogens is 1. The Morgan fingerprint density at radius 3 is 3.00 bits per heavy atom. The first-order chi connectivity index (χ1) is 8.19. The molecule has 3 N–H and O–H groups in total. The van der Waals surface area contributed by atoms with E-state index in [1.807, 2.05) is 6.92 Å². The van der Waals surface area contributed by atoms with Gasteiger partial charge < -0.3 is 10.3 Å². The van der Waals surface area contributed by atoms with Crippen LogP contribution in [0.5, 0.6) is 0 Å². The average Bonchev–Trinajstić information content (AvgIpc) is 2.78. The molecule has 0 aliphatic heterocycles. The van der Waals surface area contributed by atoms with Gasteiger partial charge >= 0.3 is 0 Å². The zero-order valence-electron chi connectivity index (χ0n) is 9.38. The Kier molecular flexibility index (Phi) is 3.29. The molecule has 2 heterocycles. The molecule has 0 saturated carbocycles. The van der Waals surface area contributed by atoms with Crippen molar-refractivity contribution < 1.29 is 4.52 Å². The van der Waals surface area contributed by atoms with Crippen LogP contribution in [0.2, 0.25) is 0 Å².